The maximum absolute atomic E-state index is 11.0. The van der Waals surface area contributed by atoms with E-state index >= 15 is 0 Å². The highest BCUT2D eigenvalue weighted by atomic mass is 32.2. The first-order valence-electron chi connectivity index (χ1n) is 5.28. The summed E-state index contributed by atoms with van der Waals surface area (Å²) in [7, 11) is 0.932. The molecule has 0 saturated heterocycles. The van der Waals surface area contributed by atoms with Crippen LogP contribution >= 0.6 is 0 Å². The molecule has 0 radical (unpaired) electrons. The summed E-state index contributed by atoms with van der Waals surface area (Å²) in [5, 5.41) is 3.47. The zero-order chi connectivity index (χ0) is 11.5. The zero-order valence-electron chi connectivity index (χ0n) is 9.95. The van der Waals surface area contributed by atoms with Crippen molar-refractivity contribution in [2.24, 2.45) is 0 Å². The fraction of sp³-hybridized carbons (Fsp3) is 1.00. The molecule has 2 atom stereocenters. The Morgan fingerprint density at radius 3 is 2.67 bits per heavy atom. The van der Waals surface area contributed by atoms with Gasteiger partial charge in [0.05, 0.1) is 13.2 Å². The highest BCUT2D eigenvalue weighted by Crippen LogP contribution is 1.89. The summed E-state index contributed by atoms with van der Waals surface area (Å²) in [6.45, 7) is 5.76. The molecular weight excluding hydrogens is 214 g/mol. The van der Waals surface area contributed by atoms with Gasteiger partial charge >= 0.3 is 0 Å². The quantitative estimate of drug-likeness (QED) is 0.559. The SMILES string of the molecule is COCCOCCCNCC(C)S(C)=O. The summed E-state index contributed by atoms with van der Waals surface area (Å²) >= 11 is 0. The summed E-state index contributed by atoms with van der Waals surface area (Å²) < 4.78 is 21.2. The highest BCUT2D eigenvalue weighted by molar-refractivity contribution is 7.84. The van der Waals surface area contributed by atoms with Gasteiger partial charge in [0.15, 0.2) is 0 Å². The van der Waals surface area contributed by atoms with Crippen molar-refractivity contribution >= 4 is 10.8 Å². The molecule has 0 spiro atoms. The van der Waals surface area contributed by atoms with Crippen molar-refractivity contribution in [2.45, 2.75) is 18.6 Å². The molecule has 0 rings (SSSR count). The van der Waals surface area contributed by atoms with Crippen LogP contribution in [0.2, 0.25) is 0 Å². The number of ether oxygens (including phenoxy) is 2. The van der Waals surface area contributed by atoms with Crippen molar-refractivity contribution in [1.29, 1.82) is 0 Å². The van der Waals surface area contributed by atoms with Crippen LogP contribution in [0.4, 0.5) is 0 Å². The molecule has 0 saturated carbocycles. The van der Waals surface area contributed by atoms with Crippen molar-refractivity contribution in [1.82, 2.24) is 5.32 Å². The molecule has 5 heteroatoms. The Kier molecular flexibility index (Phi) is 10.6. The van der Waals surface area contributed by atoms with Crippen LogP contribution in [0.5, 0.6) is 0 Å². The van der Waals surface area contributed by atoms with Gasteiger partial charge in [-0.15, -0.1) is 0 Å². The third kappa shape index (κ3) is 10.3. The topological polar surface area (TPSA) is 47.6 Å². The summed E-state index contributed by atoms with van der Waals surface area (Å²) in [6.07, 6.45) is 2.72. The molecule has 1 N–H and O–H groups in total. The fourth-order valence-corrected chi connectivity index (χ4v) is 1.32. The van der Waals surface area contributed by atoms with Crippen LogP contribution in [0.15, 0.2) is 0 Å². The van der Waals surface area contributed by atoms with Crippen LogP contribution < -0.4 is 5.32 Å². The van der Waals surface area contributed by atoms with Gasteiger partial charge in [0.25, 0.3) is 0 Å². The van der Waals surface area contributed by atoms with Crippen molar-refractivity contribution in [2.75, 3.05) is 46.3 Å². The van der Waals surface area contributed by atoms with Crippen molar-refractivity contribution in [3.8, 4) is 0 Å². The van der Waals surface area contributed by atoms with Crippen molar-refractivity contribution < 1.29 is 13.7 Å². The van der Waals surface area contributed by atoms with E-state index in [0.29, 0.717) is 13.2 Å². The monoisotopic (exact) mass is 237 g/mol. The number of nitrogens with one attached hydrogen (secondary N) is 1. The van der Waals surface area contributed by atoms with Crippen LogP contribution in [0.1, 0.15) is 13.3 Å². The Labute approximate surface area is 95.2 Å². The first-order valence-corrected chi connectivity index (χ1v) is 6.90. The van der Waals surface area contributed by atoms with E-state index in [0.717, 1.165) is 26.1 Å². The second-order valence-corrected chi connectivity index (χ2v) is 5.27. The molecule has 0 aromatic heterocycles. The van der Waals surface area contributed by atoms with Crippen molar-refractivity contribution in [3.63, 3.8) is 0 Å². The van der Waals surface area contributed by atoms with Gasteiger partial charge < -0.3 is 14.8 Å². The lowest BCUT2D eigenvalue weighted by atomic mass is 10.4. The van der Waals surface area contributed by atoms with E-state index in [1.54, 1.807) is 13.4 Å². The Morgan fingerprint density at radius 2 is 2.07 bits per heavy atom. The van der Waals surface area contributed by atoms with E-state index in [2.05, 4.69) is 5.32 Å². The smallest absolute Gasteiger partial charge is 0.0700 e. The van der Waals surface area contributed by atoms with Crippen LogP contribution in [0, 0.1) is 0 Å². The lowest BCUT2D eigenvalue weighted by Crippen LogP contribution is -2.28. The molecule has 0 aliphatic carbocycles. The minimum Gasteiger partial charge on any atom is -0.382 e. The molecule has 0 aliphatic rings. The van der Waals surface area contributed by atoms with E-state index in [1.807, 2.05) is 6.92 Å². The Morgan fingerprint density at radius 1 is 1.33 bits per heavy atom. The highest BCUT2D eigenvalue weighted by Gasteiger charge is 2.03. The molecule has 4 nitrogen and oxygen atoms in total. The molecule has 0 aliphatic heterocycles. The molecule has 0 bridgehead atoms. The third-order valence-corrected chi connectivity index (χ3v) is 3.37. The van der Waals surface area contributed by atoms with E-state index in [-0.39, 0.29) is 5.25 Å². The van der Waals surface area contributed by atoms with Crippen molar-refractivity contribution in [3.05, 3.63) is 0 Å². The maximum atomic E-state index is 11.0. The van der Waals surface area contributed by atoms with Crippen LogP contribution in [0.3, 0.4) is 0 Å². The van der Waals surface area contributed by atoms with E-state index in [4.69, 9.17) is 9.47 Å². The first kappa shape index (κ1) is 15.0. The third-order valence-electron chi connectivity index (χ3n) is 2.07. The second-order valence-electron chi connectivity index (χ2n) is 3.47. The molecule has 0 fully saturated rings. The Balaban J connectivity index is 3.08. The molecular formula is C10H23NO3S. The van der Waals surface area contributed by atoms with Crippen LogP contribution in [0.25, 0.3) is 0 Å². The van der Waals surface area contributed by atoms with E-state index in [9.17, 15) is 4.21 Å². The lowest BCUT2D eigenvalue weighted by Gasteiger charge is -2.09. The molecule has 0 heterocycles. The largest absolute Gasteiger partial charge is 0.382 e. The van der Waals surface area contributed by atoms with Gasteiger partial charge in [-0.2, -0.15) is 0 Å². The molecule has 15 heavy (non-hydrogen) atoms. The van der Waals surface area contributed by atoms with E-state index in [1.165, 1.54) is 0 Å². The van der Waals surface area contributed by atoms with Gasteiger partial charge in [-0.1, -0.05) is 0 Å². The fourth-order valence-electron chi connectivity index (χ4n) is 0.966. The van der Waals surface area contributed by atoms with Gasteiger partial charge in [0.2, 0.25) is 0 Å². The summed E-state index contributed by atoms with van der Waals surface area (Å²) in [6, 6.07) is 0. The summed E-state index contributed by atoms with van der Waals surface area (Å²) in [5.74, 6) is 0. The van der Waals surface area contributed by atoms with Gasteiger partial charge in [-0.25, -0.2) is 0 Å². The standard InChI is InChI=1S/C10H23NO3S/c1-10(15(3)12)9-11-5-4-6-14-8-7-13-2/h10-11H,4-9H2,1-3H3. The number of methoxy groups -OCH3 is 1. The minimum absolute atomic E-state index is 0.222. The normalized spacial score (nSPS) is 15.1. The van der Waals surface area contributed by atoms with E-state index < -0.39 is 10.8 Å². The molecule has 0 aromatic carbocycles. The number of hydrogen-bond acceptors (Lipinski definition) is 4. The molecule has 0 amide bonds. The molecule has 2 unspecified atom stereocenters. The predicted octanol–water partition coefficient (Wildman–Crippen LogP) is 0.396. The number of rotatable bonds is 10. The minimum atomic E-state index is -0.732. The van der Waals surface area contributed by atoms with Crippen LogP contribution in [-0.4, -0.2) is 55.7 Å². The lowest BCUT2D eigenvalue weighted by molar-refractivity contribution is 0.0695. The summed E-state index contributed by atoms with van der Waals surface area (Å²) in [4.78, 5) is 0. The first-order chi connectivity index (χ1) is 7.18. The number of hydrogen-bond donors (Lipinski definition) is 1. The van der Waals surface area contributed by atoms with Gasteiger partial charge in [0.1, 0.15) is 0 Å². The predicted molar refractivity (Wildman–Crippen MR) is 63.7 cm³/mol. The van der Waals surface area contributed by atoms with Crippen LogP contribution in [-0.2, 0) is 20.3 Å². The Bertz CT molecular complexity index is 167. The maximum Gasteiger partial charge on any atom is 0.0700 e. The average Bonchev–Trinajstić information content (AvgIpc) is 2.21. The van der Waals surface area contributed by atoms with Gasteiger partial charge in [0, 0.05) is 42.6 Å². The average molecular weight is 237 g/mol. The van der Waals surface area contributed by atoms with Gasteiger partial charge in [-0.3, -0.25) is 4.21 Å². The zero-order valence-corrected chi connectivity index (χ0v) is 10.8. The molecule has 0 aromatic rings. The second kappa shape index (κ2) is 10.5. The van der Waals surface area contributed by atoms with Gasteiger partial charge in [-0.05, 0) is 19.9 Å². The summed E-state index contributed by atoms with van der Waals surface area (Å²) in [5.41, 5.74) is 0. The Hall–Kier alpha value is 0.0300. The molecule has 92 valence electrons.